The van der Waals surface area contributed by atoms with Crippen LogP contribution in [0.5, 0.6) is 0 Å². The second-order valence-corrected chi connectivity index (χ2v) is 5.15. The normalized spacial score (nSPS) is 10.6. The summed E-state index contributed by atoms with van der Waals surface area (Å²) < 4.78 is 13.5. The molecule has 0 aliphatic carbocycles. The number of hydrogen-bond acceptors (Lipinski definition) is 3. The first-order valence-corrected chi connectivity index (χ1v) is 6.23. The highest BCUT2D eigenvalue weighted by Gasteiger charge is 2.13. The van der Waals surface area contributed by atoms with Crippen LogP contribution in [0.3, 0.4) is 0 Å². The van der Waals surface area contributed by atoms with Gasteiger partial charge in [0, 0.05) is 10.4 Å². The molecule has 0 atom stereocenters. The van der Waals surface area contributed by atoms with Crippen LogP contribution in [0, 0.1) is 19.7 Å². The highest BCUT2D eigenvalue weighted by atomic mass is 32.1. The number of aromatic nitrogens is 1. The fraction of sp³-hybridized carbons (Fsp3) is 0.231. The standard InChI is InChI=1S/C13H12FNO2S/c1-7-3-4-9(5-10(7)14)13-15-8(2)11(18-13)6-12(16)17/h3-5H,6H2,1-2H3,(H,16,17). The zero-order valence-electron chi connectivity index (χ0n) is 10.0. The third-order valence-electron chi connectivity index (χ3n) is 2.62. The minimum Gasteiger partial charge on any atom is -0.481 e. The van der Waals surface area contributed by atoms with Crippen molar-refractivity contribution in [3.63, 3.8) is 0 Å². The van der Waals surface area contributed by atoms with Crippen LogP contribution in [0.1, 0.15) is 16.1 Å². The Hall–Kier alpha value is -1.75. The maximum absolute atomic E-state index is 13.5. The molecule has 0 aliphatic rings. The van der Waals surface area contributed by atoms with Crippen LogP contribution in [-0.4, -0.2) is 16.1 Å². The lowest BCUT2D eigenvalue weighted by Gasteiger charge is -1.99. The number of aryl methyl sites for hydroxylation is 2. The van der Waals surface area contributed by atoms with Gasteiger partial charge in [0.05, 0.1) is 12.1 Å². The lowest BCUT2D eigenvalue weighted by Crippen LogP contribution is -1.99. The van der Waals surface area contributed by atoms with Crippen LogP contribution in [0.25, 0.3) is 10.6 Å². The van der Waals surface area contributed by atoms with Crippen molar-refractivity contribution in [3.05, 3.63) is 40.2 Å². The second kappa shape index (κ2) is 4.86. The Bertz CT molecular complexity index is 607. The molecular formula is C13H12FNO2S. The molecule has 1 heterocycles. The monoisotopic (exact) mass is 265 g/mol. The van der Waals surface area contributed by atoms with Gasteiger partial charge in [0.2, 0.25) is 0 Å². The molecule has 0 aliphatic heterocycles. The highest BCUT2D eigenvalue weighted by molar-refractivity contribution is 7.15. The smallest absolute Gasteiger partial charge is 0.308 e. The molecule has 0 saturated heterocycles. The number of carbonyl (C=O) groups is 1. The van der Waals surface area contributed by atoms with Gasteiger partial charge in [-0.15, -0.1) is 11.3 Å². The molecule has 18 heavy (non-hydrogen) atoms. The summed E-state index contributed by atoms with van der Waals surface area (Å²) >= 11 is 1.30. The van der Waals surface area contributed by atoms with Crippen molar-refractivity contribution in [2.75, 3.05) is 0 Å². The molecule has 0 saturated carbocycles. The summed E-state index contributed by atoms with van der Waals surface area (Å²) in [6.45, 7) is 3.46. The van der Waals surface area contributed by atoms with E-state index < -0.39 is 5.97 Å². The molecule has 1 aromatic carbocycles. The summed E-state index contributed by atoms with van der Waals surface area (Å²) in [5.41, 5.74) is 1.96. The molecule has 5 heteroatoms. The molecule has 0 bridgehead atoms. The number of carboxylic acid groups (broad SMARTS) is 1. The Morgan fingerprint density at radius 2 is 2.17 bits per heavy atom. The Kier molecular flexibility index (Phi) is 3.43. The average Bonchev–Trinajstić information content (AvgIpc) is 2.63. The van der Waals surface area contributed by atoms with Gasteiger partial charge in [-0.3, -0.25) is 4.79 Å². The zero-order valence-corrected chi connectivity index (χ0v) is 10.8. The van der Waals surface area contributed by atoms with E-state index in [0.29, 0.717) is 26.7 Å². The molecule has 2 rings (SSSR count). The van der Waals surface area contributed by atoms with Gasteiger partial charge in [-0.1, -0.05) is 12.1 Å². The summed E-state index contributed by atoms with van der Waals surface area (Å²) in [6.07, 6.45) is -0.0438. The van der Waals surface area contributed by atoms with Gasteiger partial charge in [-0.05, 0) is 25.5 Å². The average molecular weight is 265 g/mol. The van der Waals surface area contributed by atoms with E-state index in [2.05, 4.69) is 4.98 Å². The molecule has 1 N–H and O–H groups in total. The van der Waals surface area contributed by atoms with E-state index in [1.165, 1.54) is 17.4 Å². The van der Waals surface area contributed by atoms with Crippen molar-refractivity contribution in [3.8, 4) is 10.6 Å². The number of nitrogens with zero attached hydrogens (tertiary/aromatic N) is 1. The number of aliphatic carboxylic acids is 1. The Morgan fingerprint density at radius 1 is 1.44 bits per heavy atom. The van der Waals surface area contributed by atoms with E-state index in [-0.39, 0.29) is 12.2 Å². The minimum absolute atomic E-state index is 0.0438. The number of rotatable bonds is 3. The molecule has 0 fully saturated rings. The lowest BCUT2D eigenvalue weighted by molar-refractivity contribution is -0.136. The third-order valence-corrected chi connectivity index (χ3v) is 3.83. The highest BCUT2D eigenvalue weighted by Crippen LogP contribution is 2.29. The summed E-state index contributed by atoms with van der Waals surface area (Å²) in [7, 11) is 0. The molecule has 0 radical (unpaired) electrons. The predicted molar refractivity (Wildman–Crippen MR) is 68.3 cm³/mol. The number of halogens is 1. The first-order chi connectivity index (χ1) is 8.47. The quantitative estimate of drug-likeness (QED) is 0.927. The zero-order chi connectivity index (χ0) is 13.3. The lowest BCUT2D eigenvalue weighted by atomic mass is 10.1. The minimum atomic E-state index is -0.886. The van der Waals surface area contributed by atoms with Crippen LogP contribution in [-0.2, 0) is 11.2 Å². The largest absolute Gasteiger partial charge is 0.481 e. The van der Waals surface area contributed by atoms with Crippen molar-refractivity contribution in [2.45, 2.75) is 20.3 Å². The molecular weight excluding hydrogens is 253 g/mol. The second-order valence-electron chi connectivity index (χ2n) is 4.06. The maximum Gasteiger partial charge on any atom is 0.308 e. The van der Waals surface area contributed by atoms with Gasteiger partial charge in [-0.2, -0.15) is 0 Å². The topological polar surface area (TPSA) is 50.2 Å². The van der Waals surface area contributed by atoms with Crippen molar-refractivity contribution < 1.29 is 14.3 Å². The fourth-order valence-electron chi connectivity index (χ4n) is 1.58. The van der Waals surface area contributed by atoms with E-state index in [9.17, 15) is 9.18 Å². The van der Waals surface area contributed by atoms with E-state index >= 15 is 0 Å². The Labute approximate surface area is 108 Å². The molecule has 1 aromatic heterocycles. The van der Waals surface area contributed by atoms with Gasteiger partial charge in [0.1, 0.15) is 10.8 Å². The van der Waals surface area contributed by atoms with Gasteiger partial charge < -0.3 is 5.11 Å². The van der Waals surface area contributed by atoms with Crippen LogP contribution in [0.2, 0.25) is 0 Å². The van der Waals surface area contributed by atoms with E-state index in [0.717, 1.165) is 0 Å². The van der Waals surface area contributed by atoms with Gasteiger partial charge >= 0.3 is 5.97 Å². The molecule has 0 unspecified atom stereocenters. The number of benzene rings is 1. The SMILES string of the molecule is Cc1ccc(-c2nc(C)c(CC(=O)O)s2)cc1F. The summed E-state index contributed by atoms with van der Waals surface area (Å²) in [5.74, 6) is -1.16. The predicted octanol–water partition coefficient (Wildman–Crippen LogP) is 3.19. The van der Waals surface area contributed by atoms with Crippen molar-refractivity contribution in [1.82, 2.24) is 4.98 Å². The Balaban J connectivity index is 2.39. The molecule has 3 nitrogen and oxygen atoms in total. The first kappa shape index (κ1) is 12.7. The van der Waals surface area contributed by atoms with Crippen LogP contribution in [0.4, 0.5) is 4.39 Å². The van der Waals surface area contributed by atoms with E-state index in [1.54, 1.807) is 26.0 Å². The van der Waals surface area contributed by atoms with Gasteiger partial charge in [-0.25, -0.2) is 9.37 Å². The number of thiazole rings is 1. The number of hydrogen-bond donors (Lipinski definition) is 1. The number of carboxylic acids is 1. The van der Waals surface area contributed by atoms with Crippen molar-refractivity contribution in [1.29, 1.82) is 0 Å². The fourth-order valence-corrected chi connectivity index (χ4v) is 2.63. The van der Waals surface area contributed by atoms with Crippen LogP contribution in [0.15, 0.2) is 18.2 Å². The summed E-state index contributed by atoms with van der Waals surface area (Å²) in [4.78, 5) is 15.7. The van der Waals surface area contributed by atoms with Crippen molar-refractivity contribution >= 4 is 17.3 Å². The maximum atomic E-state index is 13.5. The van der Waals surface area contributed by atoms with Crippen LogP contribution >= 0.6 is 11.3 Å². The van der Waals surface area contributed by atoms with Crippen LogP contribution < -0.4 is 0 Å². The van der Waals surface area contributed by atoms with Gasteiger partial charge in [0.25, 0.3) is 0 Å². The first-order valence-electron chi connectivity index (χ1n) is 5.42. The molecule has 2 aromatic rings. The summed E-state index contributed by atoms with van der Waals surface area (Å²) in [5, 5.41) is 9.43. The molecule has 0 amide bonds. The van der Waals surface area contributed by atoms with E-state index in [1.807, 2.05) is 0 Å². The van der Waals surface area contributed by atoms with Gasteiger partial charge in [0.15, 0.2) is 0 Å². The van der Waals surface area contributed by atoms with Crippen molar-refractivity contribution in [2.24, 2.45) is 0 Å². The Morgan fingerprint density at radius 3 is 2.78 bits per heavy atom. The molecule has 0 spiro atoms. The third kappa shape index (κ3) is 2.56. The van der Waals surface area contributed by atoms with E-state index in [4.69, 9.17) is 5.11 Å². The molecule has 94 valence electrons. The summed E-state index contributed by atoms with van der Waals surface area (Å²) in [6, 6.07) is 4.91.